The van der Waals surface area contributed by atoms with Gasteiger partial charge in [-0.25, -0.2) is 4.98 Å². The Morgan fingerprint density at radius 3 is 2.85 bits per heavy atom. The van der Waals surface area contributed by atoms with E-state index < -0.39 is 0 Å². The fourth-order valence-corrected chi connectivity index (χ4v) is 4.37. The lowest BCUT2D eigenvalue weighted by Crippen LogP contribution is -2.40. The van der Waals surface area contributed by atoms with Crippen molar-refractivity contribution < 1.29 is 14.1 Å². The number of hydrogen-bond donors (Lipinski definition) is 1. The first kappa shape index (κ1) is 17.2. The molecule has 1 saturated heterocycles. The average molecular weight is 375 g/mol. The minimum Gasteiger partial charge on any atom is -0.361 e. The van der Waals surface area contributed by atoms with Gasteiger partial charge < -0.3 is 9.42 Å². The number of carbonyl (C=O) groups is 2. The highest BCUT2D eigenvalue weighted by Gasteiger charge is 2.26. The molecule has 0 aromatic carbocycles. The van der Waals surface area contributed by atoms with E-state index >= 15 is 0 Å². The van der Waals surface area contributed by atoms with Crippen LogP contribution in [0.15, 0.2) is 10.6 Å². The van der Waals surface area contributed by atoms with Crippen LogP contribution < -0.4 is 5.32 Å². The van der Waals surface area contributed by atoms with Crippen LogP contribution >= 0.6 is 11.3 Å². The Balaban J connectivity index is 1.37. The smallest absolute Gasteiger partial charge is 0.279 e. The molecule has 138 valence electrons. The number of rotatable bonds is 4. The number of thiazole rings is 1. The third-order valence-corrected chi connectivity index (χ3v) is 5.71. The summed E-state index contributed by atoms with van der Waals surface area (Å²) in [4.78, 5) is 34.2. The minimum atomic E-state index is -0.325. The van der Waals surface area contributed by atoms with E-state index in [0.29, 0.717) is 24.0 Å². The van der Waals surface area contributed by atoms with Crippen LogP contribution in [0.25, 0.3) is 0 Å². The van der Waals surface area contributed by atoms with Gasteiger partial charge in [0.05, 0.1) is 12.2 Å². The summed E-state index contributed by atoms with van der Waals surface area (Å²) in [5.41, 5.74) is 1.25. The molecule has 2 aromatic heterocycles. The van der Waals surface area contributed by atoms with Gasteiger partial charge >= 0.3 is 0 Å². The summed E-state index contributed by atoms with van der Waals surface area (Å²) < 4.78 is 4.93. The van der Waals surface area contributed by atoms with Crippen LogP contribution in [0.5, 0.6) is 0 Å². The second-order valence-corrected chi connectivity index (χ2v) is 7.80. The Bertz CT molecular complexity index is 824. The van der Waals surface area contributed by atoms with Gasteiger partial charge in [0.15, 0.2) is 10.8 Å². The first-order chi connectivity index (χ1) is 12.6. The molecule has 4 rings (SSSR count). The summed E-state index contributed by atoms with van der Waals surface area (Å²) in [5.74, 6) is 0.478. The predicted octanol–water partition coefficient (Wildman–Crippen LogP) is 1.67. The molecule has 4 heterocycles. The van der Waals surface area contributed by atoms with Crippen LogP contribution in [0.4, 0.5) is 5.13 Å². The number of nitrogens with zero attached hydrogens (tertiary/aromatic N) is 4. The molecule has 0 spiro atoms. The molecule has 1 fully saturated rings. The second-order valence-electron chi connectivity index (χ2n) is 6.71. The monoisotopic (exact) mass is 375 g/mol. The lowest BCUT2D eigenvalue weighted by atomic mass is 10.2. The third-order valence-electron chi connectivity index (χ3n) is 4.71. The van der Waals surface area contributed by atoms with E-state index in [1.807, 2.05) is 4.90 Å². The molecule has 0 radical (unpaired) electrons. The van der Waals surface area contributed by atoms with E-state index in [-0.39, 0.29) is 17.5 Å². The average Bonchev–Trinajstić information content (AvgIpc) is 3.34. The van der Waals surface area contributed by atoms with E-state index in [4.69, 9.17) is 4.52 Å². The maximum absolute atomic E-state index is 12.3. The quantitative estimate of drug-likeness (QED) is 0.874. The molecule has 8 nitrogen and oxygen atoms in total. The summed E-state index contributed by atoms with van der Waals surface area (Å²) >= 11 is 1.46. The summed E-state index contributed by atoms with van der Waals surface area (Å²) in [6, 6.07) is 1.59. The number of aryl methyl sites for hydroxylation is 1. The maximum Gasteiger partial charge on any atom is 0.279 e. The van der Waals surface area contributed by atoms with Crippen molar-refractivity contribution in [1.29, 1.82) is 0 Å². The van der Waals surface area contributed by atoms with E-state index in [1.54, 1.807) is 13.0 Å². The lowest BCUT2D eigenvalue weighted by Gasteiger charge is -2.27. The van der Waals surface area contributed by atoms with Crippen molar-refractivity contribution in [2.75, 3.05) is 31.5 Å². The number of amides is 2. The van der Waals surface area contributed by atoms with Gasteiger partial charge in [-0.3, -0.25) is 19.8 Å². The van der Waals surface area contributed by atoms with Crippen LogP contribution in [-0.2, 0) is 17.8 Å². The van der Waals surface area contributed by atoms with Crippen molar-refractivity contribution in [3.8, 4) is 0 Å². The Kier molecular flexibility index (Phi) is 4.73. The molecule has 0 atom stereocenters. The van der Waals surface area contributed by atoms with Crippen LogP contribution in [-0.4, -0.2) is 57.9 Å². The Morgan fingerprint density at radius 2 is 2.12 bits per heavy atom. The lowest BCUT2D eigenvalue weighted by molar-refractivity contribution is -0.131. The van der Waals surface area contributed by atoms with Crippen molar-refractivity contribution >= 4 is 28.3 Å². The van der Waals surface area contributed by atoms with E-state index in [0.717, 1.165) is 49.5 Å². The van der Waals surface area contributed by atoms with Gasteiger partial charge in [0.25, 0.3) is 5.91 Å². The van der Waals surface area contributed by atoms with E-state index in [9.17, 15) is 9.59 Å². The number of hydrogen-bond acceptors (Lipinski definition) is 7. The zero-order valence-electron chi connectivity index (χ0n) is 14.7. The van der Waals surface area contributed by atoms with Gasteiger partial charge in [0.2, 0.25) is 5.91 Å². The van der Waals surface area contributed by atoms with Crippen LogP contribution in [0.1, 0.15) is 39.7 Å². The number of carbonyl (C=O) groups excluding carboxylic acids is 2. The normalized spacial score (nSPS) is 17.3. The number of aromatic nitrogens is 2. The molecule has 1 N–H and O–H groups in total. The molecule has 2 aliphatic rings. The van der Waals surface area contributed by atoms with Crippen LogP contribution in [0, 0.1) is 6.92 Å². The molecule has 0 aliphatic carbocycles. The zero-order valence-corrected chi connectivity index (χ0v) is 15.5. The maximum atomic E-state index is 12.3. The van der Waals surface area contributed by atoms with Crippen LogP contribution in [0.3, 0.4) is 0 Å². The predicted molar refractivity (Wildman–Crippen MR) is 96.1 cm³/mol. The molecular weight excluding hydrogens is 354 g/mol. The standard InChI is InChI=1S/C17H21N5O3S/c1-11-8-13(20-25-11)16(24)19-17-18-12-4-7-21(9-14(12)26-17)10-15(23)22-5-2-3-6-22/h8H,2-7,9-10H2,1H3,(H,18,19,24). The number of likely N-dealkylation sites (tertiary alicyclic amines) is 1. The third kappa shape index (κ3) is 3.63. The Morgan fingerprint density at radius 1 is 1.31 bits per heavy atom. The van der Waals surface area contributed by atoms with Gasteiger partial charge in [-0.15, -0.1) is 11.3 Å². The molecule has 0 bridgehead atoms. The molecule has 2 aromatic rings. The Labute approximate surface area is 155 Å². The highest BCUT2D eigenvalue weighted by Crippen LogP contribution is 2.28. The van der Waals surface area contributed by atoms with Gasteiger partial charge in [-0.05, 0) is 19.8 Å². The number of anilines is 1. The summed E-state index contributed by atoms with van der Waals surface area (Å²) in [6.45, 7) is 5.48. The van der Waals surface area contributed by atoms with Crippen molar-refractivity contribution in [2.45, 2.75) is 32.7 Å². The first-order valence-corrected chi connectivity index (χ1v) is 9.63. The van der Waals surface area contributed by atoms with Gasteiger partial charge in [0, 0.05) is 43.5 Å². The summed E-state index contributed by atoms with van der Waals surface area (Å²) in [5, 5.41) is 7.06. The zero-order chi connectivity index (χ0) is 18.1. The molecule has 2 amide bonds. The van der Waals surface area contributed by atoms with Gasteiger partial charge in [-0.1, -0.05) is 5.16 Å². The SMILES string of the molecule is Cc1cc(C(=O)Nc2nc3c(s2)CN(CC(=O)N2CCCC2)CC3)no1. The molecule has 9 heteroatoms. The molecule has 0 unspecified atom stereocenters. The second kappa shape index (κ2) is 7.16. The largest absolute Gasteiger partial charge is 0.361 e. The van der Waals surface area contributed by atoms with Crippen molar-refractivity contribution in [3.05, 3.63) is 28.1 Å². The number of nitrogens with one attached hydrogen (secondary N) is 1. The first-order valence-electron chi connectivity index (χ1n) is 8.82. The van der Waals surface area contributed by atoms with E-state index in [1.165, 1.54) is 11.3 Å². The highest BCUT2D eigenvalue weighted by atomic mass is 32.1. The van der Waals surface area contributed by atoms with Crippen molar-refractivity contribution in [2.24, 2.45) is 0 Å². The topological polar surface area (TPSA) is 91.6 Å². The summed E-state index contributed by atoms with van der Waals surface area (Å²) in [6.07, 6.45) is 3.01. The van der Waals surface area contributed by atoms with Crippen molar-refractivity contribution in [1.82, 2.24) is 19.9 Å². The van der Waals surface area contributed by atoms with E-state index in [2.05, 4.69) is 20.4 Å². The molecule has 2 aliphatic heterocycles. The fourth-order valence-electron chi connectivity index (χ4n) is 3.33. The van der Waals surface area contributed by atoms with Gasteiger partial charge in [-0.2, -0.15) is 0 Å². The number of fused-ring (bicyclic) bond motifs is 1. The molecule has 26 heavy (non-hydrogen) atoms. The fraction of sp³-hybridized carbons (Fsp3) is 0.529. The minimum absolute atomic E-state index is 0.213. The van der Waals surface area contributed by atoms with Gasteiger partial charge in [0.1, 0.15) is 5.76 Å². The highest BCUT2D eigenvalue weighted by molar-refractivity contribution is 7.15. The Hall–Kier alpha value is -2.26. The molecule has 0 saturated carbocycles. The molecular formula is C17H21N5O3S. The van der Waals surface area contributed by atoms with Crippen LogP contribution in [0.2, 0.25) is 0 Å². The van der Waals surface area contributed by atoms with Crippen molar-refractivity contribution in [3.63, 3.8) is 0 Å². The summed E-state index contributed by atoms with van der Waals surface area (Å²) in [7, 11) is 0.